The molecule has 4 aromatic carbocycles. The van der Waals surface area contributed by atoms with E-state index >= 15 is 0 Å². The molecule has 1 aliphatic heterocycles. The van der Waals surface area contributed by atoms with E-state index in [9.17, 15) is 19.2 Å². The highest BCUT2D eigenvalue weighted by Crippen LogP contribution is 2.38. The number of rotatable bonds is 7. The van der Waals surface area contributed by atoms with Crippen LogP contribution < -0.4 is 25.6 Å². The van der Waals surface area contributed by atoms with Gasteiger partial charge < -0.3 is 25.6 Å². The van der Waals surface area contributed by atoms with Gasteiger partial charge in [-0.3, -0.25) is 19.2 Å². The van der Waals surface area contributed by atoms with E-state index in [1.54, 1.807) is 60.5 Å². The molecule has 9 nitrogen and oxygen atoms in total. The predicted octanol–water partition coefficient (Wildman–Crippen LogP) is 5.26. The number of hydrogen-bond donors (Lipinski definition) is 2. The summed E-state index contributed by atoms with van der Waals surface area (Å²) in [6, 6.07) is 21.2. The molecule has 11 heteroatoms. The fourth-order valence-corrected chi connectivity index (χ4v) is 5.59. The number of para-hydroxylation sites is 2. The standard InChI is InChI=1S/C33H31BrN4O5.ClH/c1-19(35)31(40)36-27-18-38(32(41)22-10-8-21(9-11-22)20(2)39)29-7-5-4-6-28(29)37(33(27)42)17-26-25-14-13-24(34)16-23(25)12-15-30(26)43-3;/h4-16,19,27H,17-18,35H2,1-3H3,(H,36,40);1H. The number of nitrogens with two attached hydrogens (primary N) is 1. The van der Waals surface area contributed by atoms with Crippen molar-refractivity contribution in [3.8, 4) is 5.75 Å². The molecule has 0 fully saturated rings. The Morgan fingerprint density at radius 3 is 2.30 bits per heavy atom. The third kappa shape index (κ3) is 6.47. The van der Waals surface area contributed by atoms with Gasteiger partial charge in [0, 0.05) is 21.2 Å². The molecular weight excluding hydrogens is 648 g/mol. The van der Waals surface area contributed by atoms with Crippen LogP contribution in [0.2, 0.25) is 0 Å². The number of methoxy groups -OCH3 is 1. The fraction of sp³-hybridized carbons (Fsp3) is 0.212. The van der Waals surface area contributed by atoms with Gasteiger partial charge in [0.25, 0.3) is 11.8 Å². The van der Waals surface area contributed by atoms with Crippen molar-refractivity contribution in [2.75, 3.05) is 23.5 Å². The summed E-state index contributed by atoms with van der Waals surface area (Å²) >= 11 is 3.52. The second-order valence-electron chi connectivity index (χ2n) is 10.4. The van der Waals surface area contributed by atoms with Gasteiger partial charge in [0.1, 0.15) is 11.8 Å². The van der Waals surface area contributed by atoms with Gasteiger partial charge >= 0.3 is 0 Å². The molecule has 3 amide bonds. The zero-order valence-electron chi connectivity index (χ0n) is 24.4. The maximum Gasteiger partial charge on any atom is 0.258 e. The molecule has 0 bridgehead atoms. The first kappa shape index (κ1) is 32.7. The Bertz CT molecular complexity index is 1740. The predicted molar refractivity (Wildman–Crippen MR) is 177 cm³/mol. The summed E-state index contributed by atoms with van der Waals surface area (Å²) in [7, 11) is 1.57. The highest BCUT2D eigenvalue weighted by molar-refractivity contribution is 9.10. The van der Waals surface area contributed by atoms with Gasteiger partial charge in [-0.15, -0.1) is 12.4 Å². The van der Waals surface area contributed by atoms with Gasteiger partial charge in [0.2, 0.25) is 5.91 Å². The topological polar surface area (TPSA) is 122 Å². The summed E-state index contributed by atoms with van der Waals surface area (Å²) < 4.78 is 6.64. The number of carbonyl (C=O) groups is 4. The number of nitrogens with zero attached hydrogens (tertiary/aromatic N) is 2. The number of fused-ring (bicyclic) bond motifs is 2. The van der Waals surface area contributed by atoms with E-state index in [4.69, 9.17) is 10.5 Å². The van der Waals surface area contributed by atoms with E-state index in [1.807, 2.05) is 30.3 Å². The number of nitrogens with one attached hydrogen (secondary N) is 1. The molecule has 228 valence electrons. The fourth-order valence-electron chi connectivity index (χ4n) is 5.21. The lowest BCUT2D eigenvalue weighted by molar-refractivity contribution is -0.127. The number of ether oxygens (including phenoxy) is 1. The van der Waals surface area contributed by atoms with Gasteiger partial charge in [-0.05, 0) is 67.1 Å². The number of halogens is 2. The Labute approximate surface area is 269 Å². The third-order valence-corrected chi connectivity index (χ3v) is 7.99. The Morgan fingerprint density at radius 2 is 1.66 bits per heavy atom. The summed E-state index contributed by atoms with van der Waals surface area (Å²) in [6.07, 6.45) is 0. The minimum Gasteiger partial charge on any atom is -0.496 e. The number of hydrogen-bond acceptors (Lipinski definition) is 6. The second-order valence-corrected chi connectivity index (χ2v) is 11.3. The minimum atomic E-state index is -1.10. The van der Waals surface area contributed by atoms with Crippen LogP contribution >= 0.6 is 28.3 Å². The van der Waals surface area contributed by atoms with Crippen LogP contribution in [0.5, 0.6) is 5.75 Å². The molecular formula is C33H32BrClN4O5. The molecule has 0 spiro atoms. The van der Waals surface area contributed by atoms with E-state index in [1.165, 1.54) is 18.7 Å². The summed E-state index contributed by atoms with van der Waals surface area (Å²) in [6.45, 7) is 2.97. The molecule has 5 rings (SSSR count). The van der Waals surface area contributed by atoms with Crippen molar-refractivity contribution in [2.45, 2.75) is 32.5 Å². The van der Waals surface area contributed by atoms with Gasteiger partial charge in [-0.25, -0.2) is 0 Å². The lowest BCUT2D eigenvalue weighted by Gasteiger charge is -2.27. The Morgan fingerprint density at radius 1 is 1.00 bits per heavy atom. The molecule has 0 radical (unpaired) electrons. The van der Waals surface area contributed by atoms with Gasteiger partial charge in [0.05, 0.1) is 37.6 Å². The first-order chi connectivity index (χ1) is 20.6. The normalized spacial score (nSPS) is 15.1. The van der Waals surface area contributed by atoms with Crippen LogP contribution in [-0.4, -0.2) is 49.2 Å². The van der Waals surface area contributed by atoms with Crippen LogP contribution in [0.3, 0.4) is 0 Å². The maximum atomic E-state index is 14.3. The average molecular weight is 680 g/mol. The molecule has 0 saturated carbocycles. The van der Waals surface area contributed by atoms with Crippen LogP contribution in [0.4, 0.5) is 11.4 Å². The Balaban J connectivity index is 0.00000442. The number of Topliss-reactive ketones (excluding diaryl/α,β-unsaturated/α-hetero) is 1. The quantitative estimate of drug-likeness (QED) is 0.257. The van der Waals surface area contributed by atoms with Crippen LogP contribution in [0.1, 0.15) is 40.1 Å². The van der Waals surface area contributed by atoms with Crippen molar-refractivity contribution in [3.05, 3.63) is 100 Å². The van der Waals surface area contributed by atoms with Gasteiger partial charge in [-0.2, -0.15) is 0 Å². The zero-order valence-corrected chi connectivity index (χ0v) is 26.8. The van der Waals surface area contributed by atoms with Gasteiger partial charge in [0.15, 0.2) is 5.78 Å². The molecule has 1 heterocycles. The van der Waals surface area contributed by atoms with Crippen LogP contribution in [0.25, 0.3) is 10.8 Å². The molecule has 3 N–H and O–H groups in total. The van der Waals surface area contributed by atoms with Crippen LogP contribution in [0, 0.1) is 0 Å². The maximum absolute atomic E-state index is 14.3. The Kier molecular flexibility index (Phi) is 10.1. The molecule has 0 saturated heterocycles. The number of benzene rings is 4. The van der Waals surface area contributed by atoms with Crippen LogP contribution in [-0.2, 0) is 16.1 Å². The number of ketones is 1. The minimum absolute atomic E-state index is 0. The van der Waals surface area contributed by atoms with E-state index in [-0.39, 0.29) is 37.2 Å². The van der Waals surface area contributed by atoms with E-state index in [2.05, 4.69) is 21.2 Å². The molecule has 4 aromatic rings. The van der Waals surface area contributed by atoms with E-state index in [0.29, 0.717) is 28.3 Å². The SMILES string of the molecule is COc1ccc2cc(Br)ccc2c1CN1C(=O)C(NC(=O)C(C)N)CN(C(=O)c2ccc(C(C)=O)cc2)c2ccccc21.Cl. The third-order valence-electron chi connectivity index (χ3n) is 7.49. The van der Waals surface area contributed by atoms with Gasteiger partial charge in [-0.1, -0.05) is 52.3 Å². The first-order valence-corrected chi connectivity index (χ1v) is 14.5. The molecule has 0 aliphatic carbocycles. The molecule has 2 unspecified atom stereocenters. The molecule has 1 aliphatic rings. The molecule has 44 heavy (non-hydrogen) atoms. The largest absolute Gasteiger partial charge is 0.496 e. The highest BCUT2D eigenvalue weighted by Gasteiger charge is 2.38. The number of amides is 3. The lowest BCUT2D eigenvalue weighted by atomic mass is 10.0. The zero-order chi connectivity index (χ0) is 30.8. The Hall–Kier alpha value is -4.25. The average Bonchev–Trinajstić information content (AvgIpc) is 3.11. The van der Waals surface area contributed by atoms with Crippen molar-refractivity contribution < 1.29 is 23.9 Å². The molecule has 0 aromatic heterocycles. The number of anilines is 2. The number of carbonyl (C=O) groups excluding carboxylic acids is 4. The van der Waals surface area contributed by atoms with Crippen molar-refractivity contribution in [2.24, 2.45) is 5.73 Å². The first-order valence-electron chi connectivity index (χ1n) is 13.7. The van der Waals surface area contributed by atoms with Crippen molar-refractivity contribution in [1.82, 2.24) is 5.32 Å². The van der Waals surface area contributed by atoms with E-state index in [0.717, 1.165) is 20.8 Å². The second kappa shape index (κ2) is 13.6. The monoisotopic (exact) mass is 678 g/mol. The smallest absolute Gasteiger partial charge is 0.258 e. The summed E-state index contributed by atoms with van der Waals surface area (Å²) in [5, 5.41) is 4.61. The summed E-state index contributed by atoms with van der Waals surface area (Å²) in [5.74, 6) is -0.825. The van der Waals surface area contributed by atoms with Crippen molar-refractivity contribution in [3.63, 3.8) is 0 Å². The van der Waals surface area contributed by atoms with E-state index < -0.39 is 23.9 Å². The molecule has 2 atom stereocenters. The summed E-state index contributed by atoms with van der Waals surface area (Å²) in [4.78, 5) is 56.0. The lowest BCUT2D eigenvalue weighted by Crippen LogP contribution is -2.55. The van der Waals surface area contributed by atoms with Crippen LogP contribution in [0.15, 0.2) is 83.3 Å². The van der Waals surface area contributed by atoms with Crippen molar-refractivity contribution >= 4 is 74.0 Å². The highest BCUT2D eigenvalue weighted by atomic mass is 79.9. The summed E-state index contributed by atoms with van der Waals surface area (Å²) in [5.41, 5.74) is 8.43. The van der Waals surface area contributed by atoms with Crippen molar-refractivity contribution in [1.29, 1.82) is 0 Å².